The summed E-state index contributed by atoms with van der Waals surface area (Å²) < 4.78 is 5.28. The molecule has 0 spiro atoms. The van der Waals surface area contributed by atoms with Crippen LogP contribution in [-0.4, -0.2) is 49.0 Å². The lowest BCUT2D eigenvalue weighted by atomic mass is 10.1. The number of nitro benzene ring substituents is 1. The van der Waals surface area contributed by atoms with Crippen LogP contribution in [0.15, 0.2) is 42.5 Å². The average Bonchev–Trinajstić information content (AvgIpc) is 2.72. The van der Waals surface area contributed by atoms with Crippen molar-refractivity contribution < 1.29 is 14.5 Å². The molecule has 2 aromatic rings. The monoisotopic (exact) mass is 435 g/mol. The molecular formula is C20H19Cl2N3O4. The third-order valence-corrected chi connectivity index (χ3v) is 5.16. The topological polar surface area (TPSA) is 75.9 Å². The van der Waals surface area contributed by atoms with Gasteiger partial charge in [-0.3, -0.25) is 14.9 Å². The Morgan fingerprint density at radius 2 is 1.79 bits per heavy atom. The Morgan fingerprint density at radius 1 is 1.14 bits per heavy atom. The lowest BCUT2D eigenvalue weighted by molar-refractivity contribution is -0.384. The van der Waals surface area contributed by atoms with E-state index in [1.807, 2.05) is 0 Å². The summed E-state index contributed by atoms with van der Waals surface area (Å²) in [5, 5.41) is 11.6. The number of piperazine rings is 1. The Labute approximate surface area is 178 Å². The Bertz CT molecular complexity index is 939. The molecule has 0 bridgehead atoms. The van der Waals surface area contributed by atoms with E-state index in [1.165, 1.54) is 25.3 Å². The molecule has 1 amide bonds. The lowest BCUT2D eigenvalue weighted by Crippen LogP contribution is -2.48. The van der Waals surface area contributed by atoms with Crippen LogP contribution < -0.4 is 9.64 Å². The Morgan fingerprint density at radius 3 is 2.38 bits per heavy atom. The van der Waals surface area contributed by atoms with Gasteiger partial charge in [0, 0.05) is 60.7 Å². The van der Waals surface area contributed by atoms with Gasteiger partial charge in [0.25, 0.3) is 5.69 Å². The molecule has 29 heavy (non-hydrogen) atoms. The molecule has 7 nitrogen and oxygen atoms in total. The van der Waals surface area contributed by atoms with Gasteiger partial charge in [0.05, 0.1) is 17.1 Å². The largest absolute Gasteiger partial charge is 0.495 e. The summed E-state index contributed by atoms with van der Waals surface area (Å²) in [5.41, 5.74) is 1.59. The summed E-state index contributed by atoms with van der Waals surface area (Å²) in [6, 6.07) is 9.69. The standard InChI is InChI=1S/C20H19Cl2N3O4/c1-29-20-14(12-15(21)13-18(20)22)2-7-19(26)24-10-8-23(9-11-24)16-3-5-17(6-4-16)25(27)28/h2-7,12-13H,8-11H2,1H3/b7-2+. The van der Waals surface area contributed by atoms with E-state index in [-0.39, 0.29) is 11.6 Å². The number of amides is 1. The van der Waals surface area contributed by atoms with Gasteiger partial charge >= 0.3 is 0 Å². The highest BCUT2D eigenvalue weighted by atomic mass is 35.5. The number of benzene rings is 2. The van der Waals surface area contributed by atoms with Crippen LogP contribution in [-0.2, 0) is 4.79 Å². The second-order valence-electron chi connectivity index (χ2n) is 6.43. The zero-order valence-electron chi connectivity index (χ0n) is 15.7. The molecule has 0 atom stereocenters. The van der Waals surface area contributed by atoms with Crippen LogP contribution in [0.25, 0.3) is 6.08 Å². The van der Waals surface area contributed by atoms with Gasteiger partial charge in [-0.25, -0.2) is 0 Å². The predicted molar refractivity (Wildman–Crippen MR) is 114 cm³/mol. The highest BCUT2D eigenvalue weighted by molar-refractivity contribution is 6.36. The van der Waals surface area contributed by atoms with Crippen molar-refractivity contribution in [3.8, 4) is 5.75 Å². The van der Waals surface area contributed by atoms with Crippen molar-refractivity contribution in [2.24, 2.45) is 0 Å². The van der Waals surface area contributed by atoms with E-state index in [4.69, 9.17) is 27.9 Å². The lowest BCUT2D eigenvalue weighted by Gasteiger charge is -2.35. The van der Waals surface area contributed by atoms with Crippen LogP contribution >= 0.6 is 23.2 Å². The number of ether oxygens (including phenoxy) is 1. The summed E-state index contributed by atoms with van der Waals surface area (Å²) in [6.07, 6.45) is 3.12. The number of halogens is 2. The molecule has 9 heteroatoms. The number of anilines is 1. The number of rotatable bonds is 5. The fraction of sp³-hybridized carbons (Fsp3) is 0.250. The Kier molecular flexibility index (Phi) is 6.61. The van der Waals surface area contributed by atoms with Gasteiger partial charge in [-0.15, -0.1) is 0 Å². The first-order valence-corrected chi connectivity index (χ1v) is 9.64. The van der Waals surface area contributed by atoms with Crippen LogP contribution in [0, 0.1) is 10.1 Å². The summed E-state index contributed by atoms with van der Waals surface area (Å²) in [6.45, 7) is 2.38. The van der Waals surface area contributed by atoms with Crippen molar-refractivity contribution >= 4 is 46.6 Å². The van der Waals surface area contributed by atoms with E-state index in [0.29, 0.717) is 47.5 Å². The summed E-state index contributed by atoms with van der Waals surface area (Å²) in [5.74, 6) is 0.342. The minimum Gasteiger partial charge on any atom is -0.495 e. The van der Waals surface area contributed by atoms with Crippen LogP contribution in [0.5, 0.6) is 5.75 Å². The normalized spacial score (nSPS) is 14.3. The maximum Gasteiger partial charge on any atom is 0.269 e. The van der Waals surface area contributed by atoms with Crippen molar-refractivity contribution in [2.45, 2.75) is 0 Å². The van der Waals surface area contributed by atoms with Gasteiger partial charge in [0.2, 0.25) is 5.91 Å². The SMILES string of the molecule is COc1c(Cl)cc(Cl)cc1/C=C/C(=O)N1CCN(c2ccc([N+](=O)[O-])cc2)CC1. The maximum atomic E-state index is 12.5. The molecule has 152 valence electrons. The van der Waals surface area contributed by atoms with Crippen molar-refractivity contribution in [3.63, 3.8) is 0 Å². The molecule has 1 aliphatic heterocycles. The third kappa shape index (κ3) is 4.99. The van der Waals surface area contributed by atoms with E-state index in [1.54, 1.807) is 35.2 Å². The second-order valence-corrected chi connectivity index (χ2v) is 7.27. The van der Waals surface area contributed by atoms with Gasteiger partial charge in [-0.1, -0.05) is 23.2 Å². The van der Waals surface area contributed by atoms with E-state index in [2.05, 4.69) is 4.90 Å². The fourth-order valence-corrected chi connectivity index (χ4v) is 3.74. The third-order valence-electron chi connectivity index (χ3n) is 4.66. The summed E-state index contributed by atoms with van der Waals surface area (Å²) in [7, 11) is 1.51. The molecule has 2 aromatic carbocycles. The van der Waals surface area contributed by atoms with Crippen molar-refractivity contribution in [1.82, 2.24) is 4.90 Å². The first-order valence-electron chi connectivity index (χ1n) is 8.88. The number of carbonyl (C=O) groups excluding carboxylic acids is 1. The number of nitrogens with zero attached hydrogens (tertiary/aromatic N) is 3. The van der Waals surface area contributed by atoms with Crippen LogP contribution in [0.2, 0.25) is 10.0 Å². The summed E-state index contributed by atoms with van der Waals surface area (Å²) in [4.78, 5) is 26.7. The minimum absolute atomic E-state index is 0.0595. The van der Waals surface area contributed by atoms with Crippen LogP contribution in [0.3, 0.4) is 0 Å². The molecular weight excluding hydrogens is 417 g/mol. The Balaban J connectivity index is 1.62. The van der Waals surface area contributed by atoms with Crippen LogP contribution in [0.1, 0.15) is 5.56 Å². The van der Waals surface area contributed by atoms with Crippen molar-refractivity contribution in [1.29, 1.82) is 0 Å². The average molecular weight is 436 g/mol. The molecule has 0 radical (unpaired) electrons. The smallest absolute Gasteiger partial charge is 0.269 e. The zero-order valence-corrected chi connectivity index (χ0v) is 17.2. The van der Waals surface area contributed by atoms with Gasteiger partial charge < -0.3 is 14.5 Å². The molecule has 0 aliphatic carbocycles. The number of non-ortho nitro benzene ring substituents is 1. The molecule has 1 fully saturated rings. The highest BCUT2D eigenvalue weighted by Crippen LogP contribution is 2.33. The van der Waals surface area contributed by atoms with Crippen molar-refractivity contribution in [3.05, 3.63) is 68.2 Å². The second kappa shape index (κ2) is 9.15. The first kappa shape index (κ1) is 21.0. The van der Waals surface area contributed by atoms with Gasteiger partial charge in [-0.2, -0.15) is 0 Å². The molecule has 1 aliphatic rings. The van der Waals surface area contributed by atoms with Gasteiger partial charge in [-0.05, 0) is 30.3 Å². The van der Waals surface area contributed by atoms with Gasteiger partial charge in [0.15, 0.2) is 0 Å². The maximum absolute atomic E-state index is 12.5. The van der Waals surface area contributed by atoms with Crippen LogP contribution in [0.4, 0.5) is 11.4 Å². The van der Waals surface area contributed by atoms with E-state index in [9.17, 15) is 14.9 Å². The number of methoxy groups -OCH3 is 1. The summed E-state index contributed by atoms with van der Waals surface area (Å²) >= 11 is 12.2. The minimum atomic E-state index is -0.422. The molecule has 3 rings (SSSR count). The quantitative estimate of drug-likeness (QED) is 0.398. The highest BCUT2D eigenvalue weighted by Gasteiger charge is 2.20. The molecule has 0 N–H and O–H groups in total. The molecule has 1 heterocycles. The first-order chi connectivity index (χ1) is 13.9. The van der Waals surface area contributed by atoms with Gasteiger partial charge in [0.1, 0.15) is 5.75 Å². The fourth-order valence-electron chi connectivity index (χ4n) is 3.16. The van der Waals surface area contributed by atoms with Crippen molar-refractivity contribution in [2.75, 3.05) is 38.2 Å². The van der Waals surface area contributed by atoms with E-state index in [0.717, 1.165) is 5.69 Å². The van der Waals surface area contributed by atoms with E-state index < -0.39 is 4.92 Å². The number of hydrogen-bond acceptors (Lipinski definition) is 5. The number of hydrogen-bond donors (Lipinski definition) is 0. The molecule has 0 unspecified atom stereocenters. The zero-order chi connectivity index (χ0) is 21.0. The molecule has 0 aromatic heterocycles. The predicted octanol–water partition coefficient (Wildman–Crippen LogP) is 4.27. The van der Waals surface area contributed by atoms with E-state index >= 15 is 0 Å². The Hall–Kier alpha value is -2.77. The molecule has 0 saturated carbocycles. The number of carbonyl (C=O) groups is 1. The number of nitro groups is 1. The molecule has 1 saturated heterocycles.